The zero-order chi connectivity index (χ0) is 15.6. The second-order valence-electron chi connectivity index (χ2n) is 4.37. The van der Waals surface area contributed by atoms with Gasteiger partial charge in [-0.05, 0) is 35.0 Å². The third-order valence-electron chi connectivity index (χ3n) is 3.01. The molecule has 2 aromatic rings. The van der Waals surface area contributed by atoms with Crippen LogP contribution in [0.25, 0.3) is 0 Å². The molecule has 2 N–H and O–H groups in total. The van der Waals surface area contributed by atoms with E-state index in [9.17, 15) is 8.42 Å². The van der Waals surface area contributed by atoms with Crippen molar-refractivity contribution >= 4 is 43.1 Å². The summed E-state index contributed by atoms with van der Waals surface area (Å²) in [6, 6.07) is 3.82. The minimum Gasteiger partial charge on any atom is -0.381 e. The molecule has 0 amide bonds. The van der Waals surface area contributed by atoms with Gasteiger partial charge in [-0.25, -0.2) is 8.42 Å². The lowest BCUT2D eigenvalue weighted by Gasteiger charge is -2.19. The molecule has 6 nitrogen and oxygen atoms in total. The number of nitrogens with zero attached hydrogens (tertiary/aromatic N) is 3. The van der Waals surface area contributed by atoms with Gasteiger partial charge in [0.25, 0.3) is 0 Å². The van der Waals surface area contributed by atoms with Gasteiger partial charge in [0.1, 0.15) is 4.90 Å². The molecule has 0 fully saturated rings. The first-order chi connectivity index (χ1) is 9.88. The monoisotopic (exact) mass is 392 g/mol. The quantitative estimate of drug-likeness (QED) is 0.818. The van der Waals surface area contributed by atoms with Gasteiger partial charge in [-0.15, -0.1) is 11.3 Å². The summed E-state index contributed by atoms with van der Waals surface area (Å²) >= 11 is 4.90. The maximum absolute atomic E-state index is 12.7. The van der Waals surface area contributed by atoms with Crippen molar-refractivity contribution in [3.63, 3.8) is 0 Å². The fourth-order valence-electron chi connectivity index (χ4n) is 1.90. The third-order valence-corrected chi connectivity index (χ3v) is 6.56. The summed E-state index contributed by atoms with van der Waals surface area (Å²) in [5, 5.41) is 4.01. The molecular weight excluding hydrogens is 376 g/mol. The Labute approximate surface area is 136 Å². The molecule has 2 heterocycles. The van der Waals surface area contributed by atoms with Crippen molar-refractivity contribution in [3.05, 3.63) is 27.0 Å². The molecule has 0 unspecified atom stereocenters. The van der Waals surface area contributed by atoms with E-state index in [2.05, 4.69) is 21.0 Å². The van der Waals surface area contributed by atoms with Crippen LogP contribution in [-0.2, 0) is 23.1 Å². The molecule has 2 rings (SSSR count). The molecule has 0 atom stereocenters. The van der Waals surface area contributed by atoms with E-state index >= 15 is 0 Å². The zero-order valence-corrected chi connectivity index (χ0v) is 15.0. The van der Waals surface area contributed by atoms with Gasteiger partial charge < -0.3 is 5.73 Å². The van der Waals surface area contributed by atoms with E-state index in [-0.39, 0.29) is 10.7 Å². The summed E-state index contributed by atoms with van der Waals surface area (Å²) in [5.74, 6) is 0.0441. The number of nitrogens with two attached hydrogens (primary N) is 1. The first-order valence-corrected chi connectivity index (χ1v) is 9.50. The Morgan fingerprint density at radius 2 is 2.14 bits per heavy atom. The first-order valence-electron chi connectivity index (χ1n) is 6.45. The average molecular weight is 393 g/mol. The molecule has 9 heteroatoms. The third kappa shape index (κ3) is 3.47. The summed E-state index contributed by atoms with van der Waals surface area (Å²) in [7, 11) is -3.64. The van der Waals surface area contributed by atoms with E-state index in [1.807, 2.05) is 19.1 Å². The molecular formula is C12H17BrN4O2S2. The molecule has 21 heavy (non-hydrogen) atoms. The lowest BCUT2D eigenvalue weighted by molar-refractivity contribution is 0.426. The summed E-state index contributed by atoms with van der Waals surface area (Å²) in [6.45, 7) is 4.95. The minimum atomic E-state index is -3.64. The van der Waals surface area contributed by atoms with Crippen molar-refractivity contribution in [2.45, 2.75) is 31.8 Å². The summed E-state index contributed by atoms with van der Waals surface area (Å²) in [5.41, 5.74) is 5.75. The van der Waals surface area contributed by atoms with Crippen LogP contribution in [-0.4, -0.2) is 29.0 Å². The van der Waals surface area contributed by atoms with Crippen LogP contribution < -0.4 is 5.73 Å². The molecule has 0 aliphatic heterocycles. The summed E-state index contributed by atoms with van der Waals surface area (Å²) in [4.78, 5) is 1.04. The predicted octanol–water partition coefficient (Wildman–Crippen LogP) is 2.52. The fourth-order valence-corrected chi connectivity index (χ4v) is 4.96. The fraction of sp³-hybridized carbons (Fsp3) is 0.417. The topological polar surface area (TPSA) is 81.2 Å². The lowest BCUT2D eigenvalue weighted by Crippen LogP contribution is -2.30. The maximum Gasteiger partial charge on any atom is 0.248 e. The number of nitrogen functional groups attached to an aromatic ring is 1. The first kappa shape index (κ1) is 16.5. The number of halogens is 1. The second kappa shape index (κ2) is 6.47. The van der Waals surface area contributed by atoms with Crippen LogP contribution in [0.4, 0.5) is 5.82 Å². The summed E-state index contributed by atoms with van der Waals surface area (Å²) in [6.07, 6.45) is 1.48. The van der Waals surface area contributed by atoms with E-state index < -0.39 is 10.0 Å². The van der Waals surface area contributed by atoms with Crippen LogP contribution in [0, 0.1) is 0 Å². The minimum absolute atomic E-state index is 0.0441. The Hall–Kier alpha value is -0.900. The Kier molecular flexibility index (Phi) is 5.07. The van der Waals surface area contributed by atoms with Crippen LogP contribution in [0.1, 0.15) is 18.7 Å². The Morgan fingerprint density at radius 3 is 2.62 bits per heavy atom. The Bertz CT molecular complexity index is 723. The van der Waals surface area contributed by atoms with Crippen LogP contribution in [0.5, 0.6) is 0 Å². The van der Waals surface area contributed by atoms with Crippen LogP contribution in [0.3, 0.4) is 0 Å². The van der Waals surface area contributed by atoms with Gasteiger partial charge in [0.15, 0.2) is 5.82 Å². The van der Waals surface area contributed by atoms with E-state index in [4.69, 9.17) is 5.73 Å². The number of hydrogen-bond acceptors (Lipinski definition) is 5. The van der Waals surface area contributed by atoms with Crippen molar-refractivity contribution in [1.82, 2.24) is 14.1 Å². The molecule has 116 valence electrons. The number of aryl methyl sites for hydroxylation is 1. The van der Waals surface area contributed by atoms with Crippen LogP contribution >= 0.6 is 27.3 Å². The molecule has 0 aliphatic carbocycles. The van der Waals surface area contributed by atoms with Crippen molar-refractivity contribution in [1.29, 1.82) is 0 Å². The largest absolute Gasteiger partial charge is 0.381 e. The molecule has 0 bridgehead atoms. The maximum atomic E-state index is 12.7. The number of hydrogen-bond donors (Lipinski definition) is 1. The number of aromatic nitrogens is 2. The number of thiophene rings is 1. The van der Waals surface area contributed by atoms with Gasteiger partial charge >= 0.3 is 0 Å². The highest BCUT2D eigenvalue weighted by molar-refractivity contribution is 9.11. The van der Waals surface area contributed by atoms with E-state index in [0.717, 1.165) is 8.66 Å². The predicted molar refractivity (Wildman–Crippen MR) is 87.6 cm³/mol. The second-order valence-corrected chi connectivity index (χ2v) is 8.83. The highest BCUT2D eigenvalue weighted by Crippen LogP contribution is 2.27. The van der Waals surface area contributed by atoms with Gasteiger partial charge in [-0.3, -0.25) is 4.68 Å². The molecule has 0 spiro atoms. The number of rotatable bonds is 6. The Balaban J connectivity index is 2.32. The van der Waals surface area contributed by atoms with E-state index in [1.54, 1.807) is 6.92 Å². The van der Waals surface area contributed by atoms with Crippen LogP contribution in [0.2, 0.25) is 0 Å². The molecule has 2 aromatic heterocycles. The van der Waals surface area contributed by atoms with Crippen molar-refractivity contribution in [2.24, 2.45) is 0 Å². The van der Waals surface area contributed by atoms with Crippen LogP contribution in [0.15, 0.2) is 27.0 Å². The zero-order valence-electron chi connectivity index (χ0n) is 11.8. The van der Waals surface area contributed by atoms with Crippen molar-refractivity contribution in [3.8, 4) is 0 Å². The number of sulfonamides is 1. The average Bonchev–Trinajstić information content (AvgIpc) is 3.01. The summed E-state index contributed by atoms with van der Waals surface area (Å²) < 4.78 is 29.3. The van der Waals surface area contributed by atoms with Gasteiger partial charge in [0.05, 0.1) is 3.79 Å². The lowest BCUT2D eigenvalue weighted by atomic mass is 10.4. The molecule has 0 aliphatic rings. The highest BCUT2D eigenvalue weighted by Gasteiger charge is 2.28. The van der Waals surface area contributed by atoms with Gasteiger partial charge in [0, 0.05) is 30.7 Å². The molecule has 0 saturated heterocycles. The van der Waals surface area contributed by atoms with E-state index in [1.165, 1.54) is 26.5 Å². The van der Waals surface area contributed by atoms with Gasteiger partial charge in [0.2, 0.25) is 10.0 Å². The SMILES string of the molecule is CCN(Cc1ccc(Br)s1)S(=O)(=O)c1cn(CC)nc1N. The van der Waals surface area contributed by atoms with Gasteiger partial charge in [-0.1, -0.05) is 6.92 Å². The standard InChI is InChI=1S/C12H17BrN4O2S2/c1-3-16-8-10(12(14)15-16)21(18,19)17(4-2)7-9-5-6-11(13)20-9/h5-6,8H,3-4,7H2,1-2H3,(H2,14,15). The smallest absolute Gasteiger partial charge is 0.248 e. The van der Waals surface area contributed by atoms with Gasteiger partial charge in [-0.2, -0.15) is 9.40 Å². The van der Waals surface area contributed by atoms with Crippen molar-refractivity contribution in [2.75, 3.05) is 12.3 Å². The normalized spacial score (nSPS) is 12.2. The van der Waals surface area contributed by atoms with Crippen molar-refractivity contribution < 1.29 is 8.42 Å². The molecule has 0 saturated carbocycles. The highest BCUT2D eigenvalue weighted by atomic mass is 79.9. The van der Waals surface area contributed by atoms with E-state index in [0.29, 0.717) is 19.6 Å². The Morgan fingerprint density at radius 1 is 1.43 bits per heavy atom. The molecule has 0 aromatic carbocycles. The molecule has 0 radical (unpaired) electrons. The number of anilines is 1.